The van der Waals surface area contributed by atoms with Crippen molar-refractivity contribution in [3.63, 3.8) is 0 Å². The lowest BCUT2D eigenvalue weighted by atomic mass is 10.1. The number of benzene rings is 1. The minimum Gasteiger partial charge on any atom is -0.302 e. The van der Waals surface area contributed by atoms with Gasteiger partial charge >= 0.3 is 0 Å². The van der Waals surface area contributed by atoms with Gasteiger partial charge in [0.15, 0.2) is 0 Å². The quantitative estimate of drug-likeness (QED) is 0.835. The van der Waals surface area contributed by atoms with Crippen LogP contribution in [0, 0.1) is 6.92 Å². The van der Waals surface area contributed by atoms with Crippen LogP contribution in [0.4, 0.5) is 0 Å². The maximum absolute atomic E-state index is 6.37. The Labute approximate surface area is 131 Å². The average Bonchev–Trinajstić information content (AvgIpc) is 2.73. The number of hydrogen-bond donors (Lipinski definition) is 1. The van der Waals surface area contributed by atoms with Crippen LogP contribution < -0.4 is 5.32 Å². The van der Waals surface area contributed by atoms with E-state index in [1.807, 2.05) is 25.1 Å². The molecule has 0 saturated carbocycles. The van der Waals surface area contributed by atoms with Gasteiger partial charge in [-0.1, -0.05) is 33.6 Å². The average molecular weight is 360 g/mol. The summed E-state index contributed by atoms with van der Waals surface area (Å²) in [5.74, 6) is 0. The molecule has 0 aliphatic carbocycles. The zero-order valence-corrected chi connectivity index (χ0v) is 14.2. The van der Waals surface area contributed by atoms with E-state index in [2.05, 4.69) is 45.5 Å². The first-order chi connectivity index (χ1) is 8.97. The van der Waals surface area contributed by atoms with Gasteiger partial charge in [-0.2, -0.15) is 0 Å². The molecule has 19 heavy (non-hydrogen) atoms. The fourth-order valence-corrected chi connectivity index (χ4v) is 3.52. The summed E-state index contributed by atoms with van der Waals surface area (Å²) in [6.45, 7) is 6.26. The molecule has 1 N–H and O–H groups in total. The summed E-state index contributed by atoms with van der Waals surface area (Å²) in [5.41, 5.74) is 2.11. The molecule has 102 valence electrons. The molecule has 0 spiro atoms. The molecular formula is C14H16BrClN2S. The third-order valence-electron chi connectivity index (χ3n) is 2.66. The fourth-order valence-electron chi connectivity index (χ4n) is 1.87. The molecule has 2 aromatic rings. The van der Waals surface area contributed by atoms with Crippen LogP contribution in [0.3, 0.4) is 0 Å². The zero-order chi connectivity index (χ0) is 14.0. The zero-order valence-electron chi connectivity index (χ0n) is 11.1. The van der Waals surface area contributed by atoms with Gasteiger partial charge in [0.2, 0.25) is 0 Å². The van der Waals surface area contributed by atoms with Gasteiger partial charge in [0.25, 0.3) is 0 Å². The molecule has 1 aromatic heterocycles. The Bertz CT molecular complexity index is 568. The summed E-state index contributed by atoms with van der Waals surface area (Å²) in [5, 5.41) is 7.40. The monoisotopic (exact) mass is 358 g/mol. The summed E-state index contributed by atoms with van der Waals surface area (Å²) in [6.07, 6.45) is 0. The van der Waals surface area contributed by atoms with Crippen molar-refractivity contribution in [3.8, 4) is 0 Å². The van der Waals surface area contributed by atoms with E-state index in [9.17, 15) is 0 Å². The van der Waals surface area contributed by atoms with Gasteiger partial charge in [-0.05, 0) is 38.5 Å². The largest absolute Gasteiger partial charge is 0.302 e. The van der Waals surface area contributed by atoms with Gasteiger partial charge in [-0.25, -0.2) is 4.98 Å². The molecule has 2 rings (SSSR count). The Morgan fingerprint density at radius 2 is 2.11 bits per heavy atom. The molecule has 1 heterocycles. The summed E-state index contributed by atoms with van der Waals surface area (Å²) in [4.78, 5) is 4.59. The second kappa shape index (κ2) is 6.35. The highest BCUT2D eigenvalue weighted by Gasteiger charge is 2.20. The van der Waals surface area contributed by atoms with Crippen LogP contribution >= 0.6 is 38.9 Å². The maximum Gasteiger partial charge on any atom is 0.114 e. The van der Waals surface area contributed by atoms with Gasteiger partial charge in [0, 0.05) is 26.6 Å². The molecule has 0 aliphatic rings. The SMILES string of the molecule is Cc1csc(C(NC(C)C)c2ccc(Br)cc2Cl)n1. The molecule has 5 heteroatoms. The second-order valence-electron chi connectivity index (χ2n) is 4.75. The number of nitrogens with one attached hydrogen (secondary N) is 1. The number of aryl methyl sites for hydroxylation is 1. The number of halogens is 2. The summed E-state index contributed by atoms with van der Waals surface area (Å²) in [7, 11) is 0. The summed E-state index contributed by atoms with van der Waals surface area (Å²) >= 11 is 11.5. The third-order valence-corrected chi connectivity index (χ3v) is 4.51. The highest BCUT2D eigenvalue weighted by molar-refractivity contribution is 9.10. The normalized spacial score (nSPS) is 12.9. The molecule has 0 aliphatic heterocycles. The molecule has 0 amide bonds. The minimum atomic E-state index is 0.0410. The van der Waals surface area contributed by atoms with E-state index in [0.29, 0.717) is 6.04 Å². The predicted octanol–water partition coefficient (Wildman–Crippen LogP) is 4.95. The Hall–Kier alpha value is -0.420. The van der Waals surface area contributed by atoms with Crippen LogP contribution in [0.1, 0.15) is 36.2 Å². The van der Waals surface area contributed by atoms with Crippen molar-refractivity contribution in [1.82, 2.24) is 10.3 Å². The lowest BCUT2D eigenvalue weighted by molar-refractivity contribution is 0.526. The van der Waals surface area contributed by atoms with Gasteiger partial charge in [-0.15, -0.1) is 11.3 Å². The lowest BCUT2D eigenvalue weighted by Gasteiger charge is -2.21. The van der Waals surface area contributed by atoms with E-state index in [0.717, 1.165) is 25.8 Å². The predicted molar refractivity (Wildman–Crippen MR) is 86.1 cm³/mol. The smallest absolute Gasteiger partial charge is 0.114 e. The van der Waals surface area contributed by atoms with Crippen LogP contribution in [0.25, 0.3) is 0 Å². The van der Waals surface area contributed by atoms with Crippen molar-refractivity contribution in [1.29, 1.82) is 0 Å². The Balaban J connectivity index is 2.42. The maximum atomic E-state index is 6.37. The van der Waals surface area contributed by atoms with E-state index >= 15 is 0 Å². The first kappa shape index (κ1) is 15.0. The minimum absolute atomic E-state index is 0.0410. The van der Waals surface area contributed by atoms with Gasteiger partial charge in [0.1, 0.15) is 5.01 Å². The first-order valence-corrected chi connectivity index (χ1v) is 8.15. The van der Waals surface area contributed by atoms with Crippen molar-refractivity contribution in [2.75, 3.05) is 0 Å². The number of rotatable bonds is 4. The molecule has 0 radical (unpaired) electrons. The fraction of sp³-hybridized carbons (Fsp3) is 0.357. The van der Waals surface area contributed by atoms with E-state index in [1.165, 1.54) is 0 Å². The van der Waals surface area contributed by atoms with E-state index < -0.39 is 0 Å². The molecule has 2 nitrogen and oxygen atoms in total. The highest BCUT2D eigenvalue weighted by atomic mass is 79.9. The Morgan fingerprint density at radius 1 is 1.37 bits per heavy atom. The number of hydrogen-bond acceptors (Lipinski definition) is 3. The van der Waals surface area contributed by atoms with Gasteiger partial charge in [0.05, 0.1) is 6.04 Å². The third kappa shape index (κ3) is 3.78. The Kier molecular flexibility index (Phi) is 5.01. The molecule has 1 atom stereocenters. The summed E-state index contributed by atoms with van der Waals surface area (Å²) < 4.78 is 0.986. The lowest BCUT2D eigenvalue weighted by Crippen LogP contribution is -2.29. The molecule has 1 unspecified atom stereocenters. The van der Waals surface area contributed by atoms with E-state index in [4.69, 9.17) is 11.6 Å². The number of aromatic nitrogens is 1. The molecule has 0 fully saturated rings. The van der Waals surface area contributed by atoms with Crippen LogP contribution in [0.15, 0.2) is 28.1 Å². The van der Waals surface area contributed by atoms with Crippen LogP contribution in [0.2, 0.25) is 5.02 Å². The van der Waals surface area contributed by atoms with E-state index in [1.54, 1.807) is 11.3 Å². The van der Waals surface area contributed by atoms with Crippen molar-refractivity contribution in [2.45, 2.75) is 32.9 Å². The first-order valence-electron chi connectivity index (χ1n) is 6.10. The second-order valence-corrected chi connectivity index (χ2v) is 6.96. The molecule has 0 bridgehead atoms. The van der Waals surface area contributed by atoms with Gasteiger partial charge in [-0.3, -0.25) is 0 Å². The molecular weight excluding hydrogens is 344 g/mol. The van der Waals surface area contributed by atoms with E-state index in [-0.39, 0.29) is 6.04 Å². The summed E-state index contributed by atoms with van der Waals surface area (Å²) in [6, 6.07) is 6.37. The van der Waals surface area contributed by atoms with Gasteiger partial charge < -0.3 is 5.32 Å². The number of nitrogens with zero attached hydrogens (tertiary/aromatic N) is 1. The van der Waals surface area contributed by atoms with Crippen molar-refractivity contribution in [2.24, 2.45) is 0 Å². The number of thiazole rings is 1. The molecule has 0 saturated heterocycles. The Morgan fingerprint density at radius 3 is 2.63 bits per heavy atom. The van der Waals surface area contributed by atoms with Crippen molar-refractivity contribution < 1.29 is 0 Å². The van der Waals surface area contributed by atoms with Crippen LogP contribution in [-0.2, 0) is 0 Å². The van der Waals surface area contributed by atoms with Crippen molar-refractivity contribution in [3.05, 3.63) is 49.3 Å². The van der Waals surface area contributed by atoms with Crippen LogP contribution in [-0.4, -0.2) is 11.0 Å². The highest BCUT2D eigenvalue weighted by Crippen LogP contribution is 2.32. The topological polar surface area (TPSA) is 24.9 Å². The molecule has 1 aromatic carbocycles. The standard InChI is InChI=1S/C14H16BrClN2S/c1-8(2)17-13(14-18-9(3)7-19-14)11-5-4-10(15)6-12(11)16/h4-8,13,17H,1-3H3. The van der Waals surface area contributed by atoms with Crippen molar-refractivity contribution >= 4 is 38.9 Å². The van der Waals surface area contributed by atoms with Crippen LogP contribution in [0.5, 0.6) is 0 Å².